The molecule has 1 nitrogen and oxygen atoms in total. The average Bonchev–Trinajstić information content (AvgIpc) is 1.88. The van der Waals surface area contributed by atoms with E-state index in [1.54, 1.807) is 13.1 Å². The molecule has 0 aliphatic rings. The van der Waals surface area contributed by atoms with Crippen LogP contribution in [0.1, 0.15) is 19.8 Å². The Kier molecular flexibility index (Phi) is 4.35. The minimum Gasteiger partial charge on any atom is -0.314 e. The van der Waals surface area contributed by atoms with Crippen molar-refractivity contribution >= 4 is 8.41 Å². The van der Waals surface area contributed by atoms with Crippen LogP contribution in [0.4, 0.5) is 4.11 Å². The summed E-state index contributed by atoms with van der Waals surface area (Å²) in [6.07, 6.45) is 1.59. The standard InChI is InChI=1S/C8H16FNSi/c1-4-8(7-10)5-6-11(2,3)9/h8H,4-6H2,1-3H3. The first-order valence-electron chi connectivity index (χ1n) is 4.08. The lowest BCUT2D eigenvalue weighted by molar-refractivity contribution is 0.601. The van der Waals surface area contributed by atoms with Crippen LogP contribution in [0.3, 0.4) is 0 Å². The first-order chi connectivity index (χ1) is 4.99. The molecule has 0 amide bonds. The lowest BCUT2D eigenvalue weighted by Gasteiger charge is -2.12. The van der Waals surface area contributed by atoms with Crippen LogP contribution in [0.5, 0.6) is 0 Å². The van der Waals surface area contributed by atoms with Crippen molar-refractivity contribution in [3.63, 3.8) is 0 Å². The molecule has 0 N–H and O–H groups in total. The zero-order chi connectivity index (χ0) is 8.91. The van der Waals surface area contributed by atoms with Gasteiger partial charge < -0.3 is 4.11 Å². The molecular weight excluding hydrogens is 157 g/mol. The van der Waals surface area contributed by atoms with Gasteiger partial charge in [0, 0.05) is 5.92 Å². The molecule has 11 heavy (non-hydrogen) atoms. The van der Waals surface area contributed by atoms with Crippen LogP contribution in [0.2, 0.25) is 19.1 Å². The highest BCUT2D eigenvalue weighted by atomic mass is 28.4. The molecule has 1 atom stereocenters. The van der Waals surface area contributed by atoms with Crippen LogP contribution in [0, 0.1) is 17.2 Å². The van der Waals surface area contributed by atoms with E-state index in [4.69, 9.17) is 5.26 Å². The maximum atomic E-state index is 13.1. The summed E-state index contributed by atoms with van der Waals surface area (Å²) in [5.74, 6) is 0.0672. The van der Waals surface area contributed by atoms with Gasteiger partial charge in [0.2, 0.25) is 8.41 Å². The molecule has 0 aromatic carbocycles. The van der Waals surface area contributed by atoms with Gasteiger partial charge in [0.25, 0.3) is 0 Å². The summed E-state index contributed by atoms with van der Waals surface area (Å²) in [6, 6.07) is 2.80. The molecule has 0 radical (unpaired) electrons. The molecule has 0 fully saturated rings. The van der Waals surface area contributed by atoms with Crippen LogP contribution in [-0.4, -0.2) is 8.41 Å². The monoisotopic (exact) mass is 173 g/mol. The van der Waals surface area contributed by atoms with Crippen molar-refractivity contribution in [2.45, 2.75) is 38.9 Å². The molecule has 0 aromatic rings. The molecule has 0 bridgehead atoms. The number of rotatable bonds is 4. The van der Waals surface area contributed by atoms with Crippen LogP contribution < -0.4 is 0 Å². The molecule has 1 unspecified atom stereocenters. The van der Waals surface area contributed by atoms with Gasteiger partial charge in [0.05, 0.1) is 6.07 Å². The van der Waals surface area contributed by atoms with Gasteiger partial charge in [-0.25, -0.2) is 0 Å². The van der Waals surface area contributed by atoms with Crippen molar-refractivity contribution < 1.29 is 4.11 Å². The number of hydrogen-bond acceptors (Lipinski definition) is 1. The van der Waals surface area contributed by atoms with Crippen LogP contribution >= 0.6 is 0 Å². The topological polar surface area (TPSA) is 23.8 Å². The molecule has 0 aliphatic heterocycles. The molecular formula is C8H16FNSi. The van der Waals surface area contributed by atoms with Gasteiger partial charge in [0.15, 0.2) is 0 Å². The van der Waals surface area contributed by atoms with Crippen molar-refractivity contribution in [2.24, 2.45) is 5.92 Å². The Morgan fingerprint density at radius 3 is 2.36 bits per heavy atom. The fourth-order valence-corrected chi connectivity index (χ4v) is 1.91. The van der Waals surface area contributed by atoms with Crippen LogP contribution in [0.15, 0.2) is 0 Å². The molecule has 0 rings (SSSR count). The fraction of sp³-hybridized carbons (Fsp3) is 0.875. The second-order valence-corrected chi connectivity index (χ2v) is 7.43. The van der Waals surface area contributed by atoms with Gasteiger partial charge in [-0.3, -0.25) is 0 Å². The minimum absolute atomic E-state index is 0.0672. The smallest absolute Gasteiger partial charge is 0.241 e. The Balaban J connectivity index is 3.62. The van der Waals surface area contributed by atoms with Crippen LogP contribution in [-0.2, 0) is 0 Å². The molecule has 64 valence electrons. The lowest BCUT2D eigenvalue weighted by atomic mass is 10.1. The SMILES string of the molecule is CCC(C#N)CC[Si](C)(C)F. The van der Waals surface area contributed by atoms with E-state index in [0.717, 1.165) is 12.8 Å². The summed E-state index contributed by atoms with van der Waals surface area (Å²) in [5, 5.41) is 8.57. The zero-order valence-electron chi connectivity index (χ0n) is 7.52. The maximum Gasteiger partial charge on any atom is 0.241 e. The van der Waals surface area contributed by atoms with E-state index in [2.05, 4.69) is 6.07 Å². The normalized spacial score (nSPS) is 14.1. The second-order valence-electron chi connectivity index (χ2n) is 3.49. The summed E-state index contributed by atoms with van der Waals surface area (Å²) >= 11 is 0. The van der Waals surface area contributed by atoms with E-state index < -0.39 is 8.41 Å². The van der Waals surface area contributed by atoms with E-state index in [1.807, 2.05) is 6.92 Å². The molecule has 0 heterocycles. The summed E-state index contributed by atoms with van der Waals surface area (Å²) in [6.45, 7) is 5.36. The van der Waals surface area contributed by atoms with Gasteiger partial charge in [-0.15, -0.1) is 0 Å². The zero-order valence-corrected chi connectivity index (χ0v) is 8.52. The van der Waals surface area contributed by atoms with E-state index in [0.29, 0.717) is 6.04 Å². The molecule has 0 aromatic heterocycles. The Labute approximate surface area is 69.4 Å². The first-order valence-corrected chi connectivity index (χ1v) is 7.16. The van der Waals surface area contributed by atoms with Gasteiger partial charge in [-0.05, 0) is 32.0 Å². The van der Waals surface area contributed by atoms with Crippen LogP contribution in [0.25, 0.3) is 0 Å². The van der Waals surface area contributed by atoms with E-state index in [1.165, 1.54) is 0 Å². The van der Waals surface area contributed by atoms with Gasteiger partial charge in [0.1, 0.15) is 0 Å². The third-order valence-corrected chi connectivity index (χ3v) is 3.24. The maximum absolute atomic E-state index is 13.1. The third kappa shape index (κ3) is 6.05. The summed E-state index contributed by atoms with van der Waals surface area (Å²) in [5.41, 5.74) is 0. The van der Waals surface area contributed by atoms with Gasteiger partial charge >= 0.3 is 0 Å². The number of nitrogens with zero attached hydrogens (tertiary/aromatic N) is 1. The van der Waals surface area contributed by atoms with Gasteiger partial charge in [-0.2, -0.15) is 5.26 Å². The highest BCUT2D eigenvalue weighted by Gasteiger charge is 2.21. The number of hydrogen-bond donors (Lipinski definition) is 0. The van der Waals surface area contributed by atoms with E-state index >= 15 is 0 Å². The molecule has 0 saturated carbocycles. The molecule has 0 spiro atoms. The molecule has 3 heteroatoms. The predicted octanol–water partition coefficient (Wildman–Crippen LogP) is 3.10. The number of halogens is 1. The van der Waals surface area contributed by atoms with Crippen molar-refractivity contribution in [3.8, 4) is 6.07 Å². The minimum atomic E-state index is -2.40. The Bertz CT molecular complexity index is 145. The summed E-state index contributed by atoms with van der Waals surface area (Å²) in [4.78, 5) is 0. The van der Waals surface area contributed by atoms with Crippen molar-refractivity contribution in [1.82, 2.24) is 0 Å². The third-order valence-electron chi connectivity index (χ3n) is 1.76. The second kappa shape index (κ2) is 4.50. The fourth-order valence-electron chi connectivity index (χ4n) is 0.877. The summed E-state index contributed by atoms with van der Waals surface area (Å²) < 4.78 is 13.1. The van der Waals surface area contributed by atoms with E-state index in [9.17, 15) is 4.11 Å². The Morgan fingerprint density at radius 2 is 2.09 bits per heavy atom. The lowest BCUT2D eigenvalue weighted by Crippen LogP contribution is -2.18. The highest BCUT2D eigenvalue weighted by molar-refractivity contribution is 6.70. The Morgan fingerprint density at radius 1 is 1.55 bits per heavy atom. The highest BCUT2D eigenvalue weighted by Crippen LogP contribution is 2.18. The quantitative estimate of drug-likeness (QED) is 0.473. The largest absolute Gasteiger partial charge is 0.314 e. The Hall–Kier alpha value is -0.363. The molecule has 0 saturated heterocycles. The first kappa shape index (κ1) is 10.6. The average molecular weight is 173 g/mol. The predicted molar refractivity (Wildman–Crippen MR) is 47.4 cm³/mol. The van der Waals surface area contributed by atoms with Crippen molar-refractivity contribution in [1.29, 1.82) is 5.26 Å². The van der Waals surface area contributed by atoms with Crippen molar-refractivity contribution in [2.75, 3.05) is 0 Å². The summed E-state index contributed by atoms with van der Waals surface area (Å²) in [7, 11) is -2.40. The van der Waals surface area contributed by atoms with Gasteiger partial charge in [-0.1, -0.05) is 6.92 Å². The van der Waals surface area contributed by atoms with Crippen molar-refractivity contribution in [3.05, 3.63) is 0 Å². The molecule has 0 aliphatic carbocycles. The number of nitriles is 1. The van der Waals surface area contributed by atoms with E-state index in [-0.39, 0.29) is 5.92 Å².